The zero-order valence-corrected chi connectivity index (χ0v) is 14.6. The fourth-order valence-electron chi connectivity index (χ4n) is 3.08. The number of ether oxygens (including phenoxy) is 1. The van der Waals surface area contributed by atoms with Crippen LogP contribution in [0, 0.1) is 5.92 Å². The van der Waals surface area contributed by atoms with Crippen molar-refractivity contribution in [2.75, 3.05) is 31.7 Å². The van der Waals surface area contributed by atoms with Gasteiger partial charge in [-0.2, -0.15) is 15.9 Å². The monoisotopic (exact) mass is 343 g/mol. The van der Waals surface area contributed by atoms with Gasteiger partial charge in [0.2, 0.25) is 0 Å². The number of nitrogens with zero attached hydrogens (tertiary/aromatic N) is 5. The molecule has 4 rings (SSSR count). The Balaban J connectivity index is 1.52. The topological polar surface area (TPSA) is 55.5 Å². The molecule has 1 aliphatic heterocycles. The summed E-state index contributed by atoms with van der Waals surface area (Å²) in [6.07, 6.45) is 3.53. The van der Waals surface area contributed by atoms with E-state index in [0.29, 0.717) is 0 Å². The van der Waals surface area contributed by atoms with Gasteiger partial charge in [-0.3, -0.25) is 0 Å². The molecule has 0 radical (unpaired) electrons. The molecule has 0 aromatic carbocycles. The van der Waals surface area contributed by atoms with Crippen molar-refractivity contribution in [2.45, 2.75) is 19.3 Å². The van der Waals surface area contributed by atoms with Crippen molar-refractivity contribution in [1.29, 1.82) is 0 Å². The average Bonchev–Trinajstić information content (AvgIpc) is 3.29. The van der Waals surface area contributed by atoms with Crippen molar-refractivity contribution in [2.24, 2.45) is 5.92 Å². The van der Waals surface area contributed by atoms with Gasteiger partial charge in [-0.1, -0.05) is 0 Å². The maximum absolute atomic E-state index is 5.44. The van der Waals surface area contributed by atoms with Crippen molar-refractivity contribution >= 4 is 22.8 Å². The van der Waals surface area contributed by atoms with E-state index in [1.807, 2.05) is 28.1 Å². The van der Waals surface area contributed by atoms with Crippen LogP contribution in [-0.2, 0) is 4.74 Å². The number of fused-ring (bicyclic) bond motifs is 1. The molecular formula is C17H21N5OS. The molecule has 126 valence electrons. The largest absolute Gasteiger partial charge is 0.381 e. The highest BCUT2D eigenvalue weighted by atomic mass is 32.1. The van der Waals surface area contributed by atoms with E-state index in [0.717, 1.165) is 48.5 Å². The van der Waals surface area contributed by atoms with E-state index in [1.165, 1.54) is 19.3 Å². The van der Waals surface area contributed by atoms with Crippen LogP contribution in [-0.4, -0.2) is 46.6 Å². The molecule has 0 spiro atoms. The Morgan fingerprint density at radius 1 is 1.25 bits per heavy atom. The summed E-state index contributed by atoms with van der Waals surface area (Å²) in [5.41, 5.74) is 1.83. The van der Waals surface area contributed by atoms with Gasteiger partial charge >= 0.3 is 0 Å². The minimum atomic E-state index is 0.765. The SMILES string of the molecule is CN(CCC1CCOCC1)c1ccc2nnc(-c3ccsc3)n2n1. The number of anilines is 1. The third kappa shape index (κ3) is 3.14. The molecule has 0 saturated carbocycles. The van der Waals surface area contributed by atoms with Crippen molar-refractivity contribution in [3.05, 3.63) is 29.0 Å². The lowest BCUT2D eigenvalue weighted by Gasteiger charge is -2.25. The molecule has 1 aliphatic rings. The molecule has 7 heteroatoms. The molecule has 4 heterocycles. The fraction of sp³-hybridized carbons (Fsp3) is 0.471. The first-order valence-electron chi connectivity index (χ1n) is 8.35. The van der Waals surface area contributed by atoms with Crippen LogP contribution in [0.1, 0.15) is 19.3 Å². The summed E-state index contributed by atoms with van der Waals surface area (Å²) in [5, 5.41) is 17.4. The predicted octanol–water partition coefficient (Wildman–Crippen LogP) is 3.11. The third-order valence-corrected chi connectivity index (χ3v) is 5.32. The number of thiophene rings is 1. The van der Waals surface area contributed by atoms with Gasteiger partial charge in [-0.15, -0.1) is 15.3 Å². The number of hydrogen-bond acceptors (Lipinski definition) is 6. The number of aromatic nitrogens is 4. The molecule has 1 fully saturated rings. The zero-order valence-electron chi connectivity index (χ0n) is 13.8. The molecule has 3 aromatic rings. The summed E-state index contributed by atoms with van der Waals surface area (Å²) >= 11 is 1.65. The van der Waals surface area contributed by atoms with E-state index in [9.17, 15) is 0 Å². The summed E-state index contributed by atoms with van der Waals surface area (Å²) in [7, 11) is 2.10. The normalized spacial score (nSPS) is 15.9. The van der Waals surface area contributed by atoms with Gasteiger partial charge in [-0.05, 0) is 48.8 Å². The molecule has 1 saturated heterocycles. The quantitative estimate of drug-likeness (QED) is 0.712. The van der Waals surface area contributed by atoms with E-state index in [-0.39, 0.29) is 0 Å². The summed E-state index contributed by atoms with van der Waals surface area (Å²) in [4.78, 5) is 2.21. The third-order valence-electron chi connectivity index (χ3n) is 4.63. The highest BCUT2D eigenvalue weighted by Crippen LogP contribution is 2.23. The second-order valence-electron chi connectivity index (χ2n) is 6.26. The molecular weight excluding hydrogens is 322 g/mol. The van der Waals surface area contributed by atoms with Gasteiger partial charge in [0.1, 0.15) is 5.82 Å². The summed E-state index contributed by atoms with van der Waals surface area (Å²) in [6.45, 7) is 2.81. The van der Waals surface area contributed by atoms with Crippen LogP contribution in [0.4, 0.5) is 5.82 Å². The molecule has 3 aromatic heterocycles. The maximum Gasteiger partial charge on any atom is 0.186 e. The first-order chi connectivity index (χ1) is 11.8. The van der Waals surface area contributed by atoms with Crippen LogP contribution in [0.15, 0.2) is 29.0 Å². The Bertz CT molecular complexity index is 795. The molecule has 0 N–H and O–H groups in total. The minimum Gasteiger partial charge on any atom is -0.381 e. The summed E-state index contributed by atoms with van der Waals surface area (Å²) in [6, 6.07) is 6.05. The predicted molar refractivity (Wildman–Crippen MR) is 95.5 cm³/mol. The molecule has 24 heavy (non-hydrogen) atoms. The van der Waals surface area contributed by atoms with Crippen LogP contribution in [0.2, 0.25) is 0 Å². The average molecular weight is 343 g/mol. The fourth-order valence-corrected chi connectivity index (χ4v) is 3.71. The Kier molecular flexibility index (Phi) is 4.44. The Morgan fingerprint density at radius 2 is 2.12 bits per heavy atom. The van der Waals surface area contributed by atoms with E-state index >= 15 is 0 Å². The van der Waals surface area contributed by atoms with Crippen molar-refractivity contribution < 1.29 is 4.74 Å². The molecule has 0 aliphatic carbocycles. The smallest absolute Gasteiger partial charge is 0.186 e. The van der Waals surface area contributed by atoms with Crippen LogP contribution in [0.3, 0.4) is 0 Å². The molecule has 0 bridgehead atoms. The standard InChI is InChI=1S/C17H21N5OS/c1-21(8-4-13-5-9-23-10-6-13)16-3-2-15-18-19-17(22(15)20-16)14-7-11-24-12-14/h2-3,7,11-13H,4-6,8-10H2,1H3. The van der Waals surface area contributed by atoms with Gasteiger partial charge in [0.15, 0.2) is 11.5 Å². The molecule has 0 amide bonds. The second-order valence-corrected chi connectivity index (χ2v) is 7.04. The highest BCUT2D eigenvalue weighted by molar-refractivity contribution is 7.08. The Labute approximate surface area is 145 Å². The van der Waals surface area contributed by atoms with E-state index in [2.05, 4.69) is 27.5 Å². The molecule has 0 unspecified atom stereocenters. The maximum atomic E-state index is 5.44. The lowest BCUT2D eigenvalue weighted by Crippen LogP contribution is -2.25. The Morgan fingerprint density at radius 3 is 2.92 bits per heavy atom. The first-order valence-corrected chi connectivity index (χ1v) is 9.29. The van der Waals surface area contributed by atoms with Gasteiger partial charge < -0.3 is 9.64 Å². The highest BCUT2D eigenvalue weighted by Gasteiger charge is 2.16. The van der Waals surface area contributed by atoms with Gasteiger partial charge in [0.25, 0.3) is 0 Å². The summed E-state index contributed by atoms with van der Waals surface area (Å²) < 4.78 is 7.27. The van der Waals surface area contributed by atoms with Crippen molar-refractivity contribution in [3.63, 3.8) is 0 Å². The van der Waals surface area contributed by atoms with Crippen LogP contribution < -0.4 is 4.90 Å². The number of rotatable bonds is 5. The van der Waals surface area contributed by atoms with Crippen molar-refractivity contribution in [3.8, 4) is 11.4 Å². The van der Waals surface area contributed by atoms with Crippen molar-refractivity contribution in [1.82, 2.24) is 19.8 Å². The summed E-state index contributed by atoms with van der Waals surface area (Å²) in [5.74, 6) is 2.51. The van der Waals surface area contributed by atoms with E-state index in [4.69, 9.17) is 9.84 Å². The van der Waals surface area contributed by atoms with Gasteiger partial charge in [0.05, 0.1) is 0 Å². The lowest BCUT2D eigenvalue weighted by molar-refractivity contribution is 0.0645. The van der Waals surface area contributed by atoms with Crippen LogP contribution in [0.25, 0.3) is 17.0 Å². The van der Waals surface area contributed by atoms with E-state index < -0.39 is 0 Å². The second kappa shape index (κ2) is 6.86. The van der Waals surface area contributed by atoms with Gasteiger partial charge in [0, 0.05) is 37.7 Å². The van der Waals surface area contributed by atoms with Crippen LogP contribution in [0.5, 0.6) is 0 Å². The number of hydrogen-bond donors (Lipinski definition) is 0. The van der Waals surface area contributed by atoms with E-state index in [1.54, 1.807) is 11.3 Å². The lowest BCUT2D eigenvalue weighted by atomic mass is 9.96. The molecule has 6 nitrogen and oxygen atoms in total. The first kappa shape index (κ1) is 15.5. The van der Waals surface area contributed by atoms with Crippen LogP contribution >= 0.6 is 11.3 Å². The Hall–Kier alpha value is -1.99. The van der Waals surface area contributed by atoms with Gasteiger partial charge in [-0.25, -0.2) is 0 Å². The molecule has 0 atom stereocenters. The minimum absolute atomic E-state index is 0.765. The zero-order chi connectivity index (χ0) is 16.4.